The lowest BCUT2D eigenvalue weighted by atomic mass is 10.7. The van der Waals surface area contributed by atoms with E-state index in [9.17, 15) is 16.8 Å². The van der Waals surface area contributed by atoms with Gasteiger partial charge in [0, 0.05) is 0 Å². The molecule has 0 radical (unpaired) electrons. The van der Waals surface area contributed by atoms with Gasteiger partial charge in [0.1, 0.15) is 0 Å². The molecule has 0 unspecified atom stereocenters. The molecule has 8 heteroatoms. The molecule has 0 aromatic heterocycles. The van der Waals surface area contributed by atoms with Crippen molar-refractivity contribution in [1.82, 2.24) is 0 Å². The first-order valence-corrected chi connectivity index (χ1v) is 5.83. The highest BCUT2D eigenvalue weighted by atomic mass is 32.3. The van der Waals surface area contributed by atoms with Crippen molar-refractivity contribution >= 4 is 20.5 Å². The van der Waals surface area contributed by atoms with Gasteiger partial charge in [0.15, 0.2) is 0 Å². The van der Waals surface area contributed by atoms with Gasteiger partial charge in [-0.2, -0.15) is 16.8 Å². The van der Waals surface area contributed by atoms with Crippen molar-refractivity contribution in [2.75, 3.05) is 12.9 Å². The molecule has 0 heterocycles. The Balaban J connectivity index is 4.35. The van der Waals surface area contributed by atoms with Crippen LogP contribution in [0.5, 0.6) is 0 Å². The molecule has 6 nitrogen and oxygen atoms in total. The molecule has 0 fully saturated rings. The average molecular weight is 216 g/mol. The van der Waals surface area contributed by atoms with E-state index in [1.165, 1.54) is 0 Å². The van der Waals surface area contributed by atoms with Crippen LogP contribution in [0.25, 0.3) is 0 Å². The van der Waals surface area contributed by atoms with Crippen molar-refractivity contribution in [3.63, 3.8) is 0 Å². The van der Waals surface area contributed by atoms with Crippen LogP contribution in [0.2, 0.25) is 0 Å². The molecule has 0 bridgehead atoms. The van der Waals surface area contributed by atoms with Gasteiger partial charge in [-0.15, -0.1) is 10.2 Å². The number of hydrogen-bond donors (Lipinski definition) is 0. The van der Waals surface area contributed by atoms with Crippen molar-refractivity contribution in [3.8, 4) is 0 Å². The molecule has 0 spiro atoms. The van der Waals surface area contributed by atoms with Gasteiger partial charge in [0.25, 0.3) is 10.1 Å². The SMILES string of the molecule is C=CCOS(=O)(=O)OS(C)(=O)=O. The van der Waals surface area contributed by atoms with Gasteiger partial charge >= 0.3 is 10.4 Å². The highest BCUT2D eigenvalue weighted by molar-refractivity contribution is 7.97. The quantitative estimate of drug-likeness (QED) is 0.571. The Labute approximate surface area is 71.2 Å². The second-order valence-corrected chi connectivity index (χ2v) is 4.76. The molecular formula is C4H8O6S2. The normalized spacial score (nSPS) is 12.8. The van der Waals surface area contributed by atoms with Crippen molar-refractivity contribution < 1.29 is 24.6 Å². The Bertz CT molecular complexity index is 336. The summed E-state index contributed by atoms with van der Waals surface area (Å²) in [6.45, 7) is 2.83. The van der Waals surface area contributed by atoms with Crippen LogP contribution in [0.1, 0.15) is 0 Å². The van der Waals surface area contributed by atoms with Crippen molar-refractivity contribution in [1.29, 1.82) is 0 Å². The van der Waals surface area contributed by atoms with Crippen molar-refractivity contribution in [2.24, 2.45) is 0 Å². The minimum Gasteiger partial charge on any atom is -0.243 e. The molecule has 0 saturated heterocycles. The van der Waals surface area contributed by atoms with Gasteiger partial charge in [-0.25, -0.2) is 4.18 Å². The second kappa shape index (κ2) is 3.99. The molecule has 0 amide bonds. The first-order chi connectivity index (χ1) is 5.27. The van der Waals surface area contributed by atoms with E-state index in [-0.39, 0.29) is 6.61 Å². The fourth-order valence-electron chi connectivity index (χ4n) is 0.302. The minimum absolute atomic E-state index is 0.335. The van der Waals surface area contributed by atoms with E-state index < -0.39 is 20.5 Å². The predicted molar refractivity (Wildman–Crippen MR) is 41.0 cm³/mol. The highest BCUT2D eigenvalue weighted by Gasteiger charge is 2.18. The maximum atomic E-state index is 10.5. The molecule has 0 saturated carbocycles. The van der Waals surface area contributed by atoms with Crippen LogP contribution in [0, 0.1) is 0 Å². The van der Waals surface area contributed by atoms with E-state index in [2.05, 4.69) is 14.4 Å². The molecule has 0 aromatic carbocycles. The summed E-state index contributed by atoms with van der Waals surface area (Å²) in [6, 6.07) is 0. The third kappa shape index (κ3) is 6.28. The van der Waals surface area contributed by atoms with Gasteiger partial charge in [0.2, 0.25) is 0 Å². The Morgan fingerprint density at radius 3 is 2.17 bits per heavy atom. The lowest BCUT2D eigenvalue weighted by Crippen LogP contribution is -2.14. The second-order valence-electron chi connectivity index (χ2n) is 1.75. The fraction of sp³-hybridized carbons (Fsp3) is 0.500. The summed E-state index contributed by atoms with van der Waals surface area (Å²) in [6.07, 6.45) is 1.74. The average Bonchev–Trinajstić information content (AvgIpc) is 1.78. The molecule has 0 rings (SSSR count). The van der Waals surface area contributed by atoms with E-state index in [1.54, 1.807) is 0 Å². The maximum absolute atomic E-state index is 10.5. The molecule has 0 aliphatic heterocycles. The Kier molecular flexibility index (Phi) is 3.84. The summed E-state index contributed by atoms with van der Waals surface area (Å²) in [5.41, 5.74) is 0. The van der Waals surface area contributed by atoms with Gasteiger partial charge < -0.3 is 0 Å². The zero-order valence-corrected chi connectivity index (χ0v) is 7.89. The Morgan fingerprint density at radius 1 is 1.33 bits per heavy atom. The molecule has 0 atom stereocenters. The number of rotatable bonds is 5. The third-order valence-corrected chi connectivity index (χ3v) is 2.62. The molecule has 0 aromatic rings. The van der Waals surface area contributed by atoms with Crippen LogP contribution in [0.4, 0.5) is 0 Å². The largest absolute Gasteiger partial charge is 0.414 e. The third-order valence-electron chi connectivity index (χ3n) is 0.537. The molecule has 12 heavy (non-hydrogen) atoms. The highest BCUT2D eigenvalue weighted by Crippen LogP contribution is 2.00. The molecule has 0 aliphatic rings. The first kappa shape index (κ1) is 11.6. The van der Waals surface area contributed by atoms with Crippen LogP contribution in [0.15, 0.2) is 12.7 Å². The zero-order valence-electron chi connectivity index (χ0n) is 6.26. The van der Waals surface area contributed by atoms with E-state index in [0.717, 1.165) is 6.08 Å². The maximum Gasteiger partial charge on any atom is 0.414 e. The topological polar surface area (TPSA) is 86.7 Å². The lowest BCUT2D eigenvalue weighted by molar-refractivity contribution is 0.303. The lowest BCUT2D eigenvalue weighted by Gasteiger charge is -2.00. The summed E-state index contributed by atoms with van der Waals surface area (Å²) >= 11 is 0. The van der Waals surface area contributed by atoms with E-state index in [0.29, 0.717) is 6.26 Å². The summed E-state index contributed by atoms with van der Waals surface area (Å²) in [5, 5.41) is 0. The van der Waals surface area contributed by atoms with Gasteiger partial charge in [-0.05, 0) is 0 Å². The van der Waals surface area contributed by atoms with E-state index >= 15 is 0 Å². The smallest absolute Gasteiger partial charge is 0.243 e. The summed E-state index contributed by atoms with van der Waals surface area (Å²) in [5.74, 6) is 0. The minimum atomic E-state index is -4.46. The molecular weight excluding hydrogens is 208 g/mol. The molecule has 0 aliphatic carbocycles. The van der Waals surface area contributed by atoms with Crippen LogP contribution in [-0.2, 0) is 28.3 Å². The molecule has 72 valence electrons. The predicted octanol–water partition coefficient (Wildman–Crippen LogP) is -0.590. The van der Waals surface area contributed by atoms with Gasteiger partial charge in [-0.3, -0.25) is 0 Å². The molecule has 0 N–H and O–H groups in total. The van der Waals surface area contributed by atoms with Crippen LogP contribution in [0.3, 0.4) is 0 Å². The summed E-state index contributed by atoms with van der Waals surface area (Å²) < 4.78 is 49.3. The van der Waals surface area contributed by atoms with Crippen molar-refractivity contribution in [3.05, 3.63) is 12.7 Å². The van der Waals surface area contributed by atoms with Crippen LogP contribution < -0.4 is 0 Å². The zero-order chi connectivity index (χ0) is 9.83. The summed E-state index contributed by atoms with van der Waals surface area (Å²) in [7, 11) is -8.52. The first-order valence-electron chi connectivity index (χ1n) is 2.68. The van der Waals surface area contributed by atoms with Gasteiger partial charge in [-0.1, -0.05) is 6.08 Å². The van der Waals surface area contributed by atoms with Crippen LogP contribution in [-0.4, -0.2) is 29.7 Å². The monoisotopic (exact) mass is 216 g/mol. The van der Waals surface area contributed by atoms with Crippen LogP contribution >= 0.6 is 0 Å². The Morgan fingerprint density at radius 2 is 1.83 bits per heavy atom. The number of hydrogen-bond acceptors (Lipinski definition) is 6. The standard InChI is InChI=1S/C4H8O6S2/c1-3-4-9-12(7,8)10-11(2,5)6/h3H,1,4H2,2H3. The van der Waals surface area contributed by atoms with Crippen molar-refractivity contribution in [2.45, 2.75) is 0 Å². The van der Waals surface area contributed by atoms with E-state index in [1.807, 2.05) is 0 Å². The Hall–Kier alpha value is -0.440. The van der Waals surface area contributed by atoms with E-state index in [4.69, 9.17) is 0 Å². The summed E-state index contributed by atoms with van der Waals surface area (Å²) in [4.78, 5) is 0. The fourth-order valence-corrected chi connectivity index (χ4v) is 1.93. The van der Waals surface area contributed by atoms with Gasteiger partial charge in [0.05, 0.1) is 12.9 Å².